The number of hydrogen-bond acceptors (Lipinski definition) is 0. The second-order valence-corrected chi connectivity index (χ2v) is 5.49. The molecule has 0 radical (unpaired) electrons. The first-order valence-electron chi connectivity index (χ1n) is 5.77. The van der Waals surface area contributed by atoms with Crippen molar-refractivity contribution in [2.24, 2.45) is 5.92 Å². The Morgan fingerprint density at radius 3 is 2.53 bits per heavy atom. The van der Waals surface area contributed by atoms with Gasteiger partial charge in [-0.25, -0.2) is 0 Å². The zero-order valence-electron chi connectivity index (χ0n) is 10.3. The van der Waals surface area contributed by atoms with Crippen molar-refractivity contribution in [2.75, 3.05) is 5.33 Å². The van der Waals surface area contributed by atoms with Crippen molar-refractivity contribution in [3.8, 4) is 0 Å². The minimum Gasteiger partial charge on any atom is -0.349 e. The third-order valence-corrected chi connectivity index (χ3v) is 3.37. The standard InChI is InChI=1S/C13H22BrN/c1-10(2)9-15-11(3)8-13(12(15)4)6-5-7-14/h8,10H,5-7,9H2,1-4H3. The summed E-state index contributed by atoms with van der Waals surface area (Å²) in [4.78, 5) is 0. The van der Waals surface area contributed by atoms with Crippen molar-refractivity contribution in [2.45, 2.75) is 47.1 Å². The Morgan fingerprint density at radius 2 is 2.00 bits per heavy atom. The van der Waals surface area contributed by atoms with E-state index < -0.39 is 0 Å². The number of aromatic nitrogens is 1. The van der Waals surface area contributed by atoms with Crippen LogP contribution in [0.4, 0.5) is 0 Å². The average molecular weight is 272 g/mol. The number of hydrogen-bond donors (Lipinski definition) is 0. The van der Waals surface area contributed by atoms with E-state index in [1.54, 1.807) is 0 Å². The summed E-state index contributed by atoms with van der Waals surface area (Å²) in [6.07, 6.45) is 2.43. The van der Waals surface area contributed by atoms with Crippen LogP contribution in [-0.2, 0) is 13.0 Å². The fraction of sp³-hybridized carbons (Fsp3) is 0.692. The molecule has 1 nitrogen and oxygen atoms in total. The van der Waals surface area contributed by atoms with Crippen molar-refractivity contribution < 1.29 is 0 Å². The molecule has 0 fully saturated rings. The van der Waals surface area contributed by atoms with Gasteiger partial charge in [0, 0.05) is 23.3 Å². The predicted octanol–water partition coefficient (Wildman–Crippen LogP) is 4.09. The van der Waals surface area contributed by atoms with Gasteiger partial charge in [-0.2, -0.15) is 0 Å². The number of rotatable bonds is 5. The average Bonchev–Trinajstić information content (AvgIpc) is 2.42. The highest BCUT2D eigenvalue weighted by Crippen LogP contribution is 2.18. The zero-order chi connectivity index (χ0) is 11.4. The minimum atomic E-state index is 0.721. The van der Waals surface area contributed by atoms with Crippen LogP contribution < -0.4 is 0 Å². The maximum atomic E-state index is 3.49. The fourth-order valence-electron chi connectivity index (χ4n) is 2.03. The van der Waals surface area contributed by atoms with Gasteiger partial charge in [0.25, 0.3) is 0 Å². The highest BCUT2D eigenvalue weighted by molar-refractivity contribution is 9.09. The van der Waals surface area contributed by atoms with Crippen molar-refractivity contribution >= 4 is 15.9 Å². The van der Waals surface area contributed by atoms with Crippen LogP contribution in [0.15, 0.2) is 6.07 Å². The van der Waals surface area contributed by atoms with Gasteiger partial charge in [-0.1, -0.05) is 29.8 Å². The lowest BCUT2D eigenvalue weighted by molar-refractivity contribution is 0.508. The molecule has 86 valence electrons. The Kier molecular flexibility index (Phi) is 4.91. The summed E-state index contributed by atoms with van der Waals surface area (Å²) in [5.74, 6) is 0.721. The van der Waals surface area contributed by atoms with E-state index >= 15 is 0 Å². The quantitative estimate of drug-likeness (QED) is 0.711. The van der Waals surface area contributed by atoms with Crippen LogP contribution in [-0.4, -0.2) is 9.90 Å². The predicted molar refractivity (Wildman–Crippen MR) is 70.9 cm³/mol. The molecule has 0 saturated heterocycles. The molecule has 15 heavy (non-hydrogen) atoms. The first-order valence-corrected chi connectivity index (χ1v) is 6.90. The smallest absolute Gasteiger partial charge is 0.0247 e. The van der Waals surface area contributed by atoms with E-state index in [9.17, 15) is 0 Å². The van der Waals surface area contributed by atoms with Gasteiger partial charge < -0.3 is 4.57 Å². The van der Waals surface area contributed by atoms with E-state index in [1.165, 1.54) is 29.8 Å². The molecule has 0 N–H and O–H groups in total. The lowest BCUT2D eigenvalue weighted by atomic mass is 10.1. The van der Waals surface area contributed by atoms with Gasteiger partial charge in [0.1, 0.15) is 0 Å². The second-order valence-electron chi connectivity index (χ2n) is 4.69. The summed E-state index contributed by atoms with van der Waals surface area (Å²) in [5.41, 5.74) is 4.39. The normalized spacial score (nSPS) is 11.3. The van der Waals surface area contributed by atoms with E-state index in [2.05, 4.69) is 54.3 Å². The third-order valence-electron chi connectivity index (χ3n) is 2.81. The van der Waals surface area contributed by atoms with Gasteiger partial charge in [-0.3, -0.25) is 0 Å². The summed E-state index contributed by atoms with van der Waals surface area (Å²) in [6, 6.07) is 2.35. The molecule has 1 heterocycles. The maximum absolute atomic E-state index is 3.49. The molecule has 0 amide bonds. The summed E-state index contributed by atoms with van der Waals surface area (Å²) in [7, 11) is 0. The molecule has 1 aromatic rings. The van der Waals surface area contributed by atoms with Crippen molar-refractivity contribution in [3.63, 3.8) is 0 Å². The molecule has 1 rings (SSSR count). The van der Waals surface area contributed by atoms with Crippen LogP contribution in [0.5, 0.6) is 0 Å². The van der Waals surface area contributed by atoms with Crippen LogP contribution in [0, 0.1) is 19.8 Å². The number of aryl methyl sites for hydroxylation is 2. The van der Waals surface area contributed by atoms with Crippen LogP contribution in [0.1, 0.15) is 37.2 Å². The summed E-state index contributed by atoms with van der Waals surface area (Å²) in [6.45, 7) is 10.2. The van der Waals surface area contributed by atoms with Gasteiger partial charge >= 0.3 is 0 Å². The molecule has 0 aliphatic heterocycles. The van der Waals surface area contributed by atoms with Gasteiger partial charge in [0.15, 0.2) is 0 Å². The Balaban J connectivity index is 2.83. The summed E-state index contributed by atoms with van der Waals surface area (Å²) >= 11 is 3.49. The monoisotopic (exact) mass is 271 g/mol. The van der Waals surface area contributed by atoms with Gasteiger partial charge in [-0.15, -0.1) is 0 Å². The number of halogens is 1. The Hall–Kier alpha value is -0.240. The van der Waals surface area contributed by atoms with Crippen molar-refractivity contribution in [3.05, 3.63) is 23.0 Å². The van der Waals surface area contributed by atoms with Crippen LogP contribution in [0.2, 0.25) is 0 Å². The van der Waals surface area contributed by atoms with Crippen LogP contribution >= 0.6 is 15.9 Å². The summed E-state index contributed by atoms with van der Waals surface area (Å²) in [5, 5.41) is 1.10. The molecular weight excluding hydrogens is 250 g/mol. The largest absolute Gasteiger partial charge is 0.349 e. The molecule has 0 aliphatic rings. The number of nitrogens with zero attached hydrogens (tertiary/aromatic N) is 1. The third kappa shape index (κ3) is 3.37. The van der Waals surface area contributed by atoms with E-state index in [-0.39, 0.29) is 0 Å². The fourth-order valence-corrected chi connectivity index (χ4v) is 2.31. The SMILES string of the molecule is Cc1cc(CCCBr)c(C)n1CC(C)C. The maximum Gasteiger partial charge on any atom is 0.0247 e. The van der Waals surface area contributed by atoms with E-state index in [4.69, 9.17) is 0 Å². The Bertz CT molecular complexity index is 313. The van der Waals surface area contributed by atoms with E-state index in [1.807, 2.05) is 0 Å². The van der Waals surface area contributed by atoms with Crippen LogP contribution in [0.25, 0.3) is 0 Å². The second kappa shape index (κ2) is 5.74. The molecule has 0 aromatic carbocycles. The lowest BCUT2D eigenvalue weighted by Crippen LogP contribution is -2.08. The van der Waals surface area contributed by atoms with E-state index in [0.29, 0.717) is 0 Å². The molecule has 1 aromatic heterocycles. The summed E-state index contributed by atoms with van der Waals surface area (Å²) < 4.78 is 2.45. The molecule has 0 atom stereocenters. The van der Waals surface area contributed by atoms with Gasteiger partial charge in [0.2, 0.25) is 0 Å². The topological polar surface area (TPSA) is 4.93 Å². The first-order chi connectivity index (χ1) is 7.06. The number of alkyl halides is 1. The molecular formula is C13H22BrN. The van der Waals surface area contributed by atoms with Gasteiger partial charge in [-0.05, 0) is 44.2 Å². The highest BCUT2D eigenvalue weighted by Gasteiger charge is 2.09. The Morgan fingerprint density at radius 1 is 1.33 bits per heavy atom. The Labute approximate surface area is 102 Å². The van der Waals surface area contributed by atoms with Crippen molar-refractivity contribution in [1.82, 2.24) is 4.57 Å². The van der Waals surface area contributed by atoms with Crippen LogP contribution in [0.3, 0.4) is 0 Å². The van der Waals surface area contributed by atoms with E-state index in [0.717, 1.165) is 17.8 Å². The van der Waals surface area contributed by atoms with Gasteiger partial charge in [0.05, 0.1) is 0 Å². The molecule has 0 bridgehead atoms. The zero-order valence-corrected chi connectivity index (χ0v) is 11.9. The first kappa shape index (κ1) is 12.8. The molecule has 0 spiro atoms. The molecule has 0 aliphatic carbocycles. The minimum absolute atomic E-state index is 0.721. The molecule has 0 unspecified atom stereocenters. The lowest BCUT2D eigenvalue weighted by Gasteiger charge is -2.12. The molecule has 0 saturated carbocycles. The molecule has 2 heteroatoms. The van der Waals surface area contributed by atoms with Crippen molar-refractivity contribution in [1.29, 1.82) is 0 Å². The highest BCUT2D eigenvalue weighted by atomic mass is 79.9.